The summed E-state index contributed by atoms with van der Waals surface area (Å²) in [7, 11) is 0. The molecule has 0 aliphatic carbocycles. The fourth-order valence-corrected chi connectivity index (χ4v) is 1.33. The van der Waals surface area contributed by atoms with Crippen LogP contribution in [0.3, 0.4) is 0 Å². The van der Waals surface area contributed by atoms with E-state index in [1.54, 1.807) is 0 Å². The van der Waals surface area contributed by atoms with E-state index in [1.807, 2.05) is 6.92 Å². The maximum atomic E-state index is 10.8. The molecule has 17 heavy (non-hydrogen) atoms. The van der Waals surface area contributed by atoms with Gasteiger partial charge in [-0.15, -0.1) is 12.4 Å². The molecule has 1 unspecified atom stereocenters. The normalized spacial score (nSPS) is 12.2. The highest BCUT2D eigenvalue weighted by atomic mass is 35.5. The molecule has 0 saturated carbocycles. The molecule has 5 heteroatoms. The second kappa shape index (κ2) is 12.1. The van der Waals surface area contributed by atoms with Gasteiger partial charge in [-0.2, -0.15) is 0 Å². The Kier molecular flexibility index (Phi) is 13.6. The van der Waals surface area contributed by atoms with Gasteiger partial charge in [0.1, 0.15) is 6.04 Å². The highest BCUT2D eigenvalue weighted by Crippen LogP contribution is 1.99. The van der Waals surface area contributed by atoms with Crippen molar-refractivity contribution >= 4 is 18.4 Å². The lowest BCUT2D eigenvalue weighted by atomic mass is 10.1. The van der Waals surface area contributed by atoms with Crippen LogP contribution in [0.1, 0.15) is 40.0 Å². The van der Waals surface area contributed by atoms with Crippen LogP contribution in [0.15, 0.2) is 0 Å². The number of carboxylic acids is 1. The predicted octanol–water partition coefficient (Wildman–Crippen LogP) is 2.31. The molecular weight excluding hydrogens is 242 g/mol. The van der Waals surface area contributed by atoms with Gasteiger partial charge in [0, 0.05) is 13.2 Å². The zero-order valence-electron chi connectivity index (χ0n) is 11.1. The average Bonchev–Trinajstić information content (AvgIpc) is 2.20. The molecule has 0 bridgehead atoms. The summed E-state index contributed by atoms with van der Waals surface area (Å²) in [6, 6.07) is -0.432. The van der Waals surface area contributed by atoms with Crippen molar-refractivity contribution in [3.05, 3.63) is 0 Å². The molecule has 0 aliphatic rings. The molecule has 0 heterocycles. The molecule has 104 valence electrons. The summed E-state index contributed by atoms with van der Waals surface area (Å²) >= 11 is 0. The molecule has 0 aliphatic heterocycles. The molecule has 0 aromatic heterocycles. The Balaban J connectivity index is 0. The van der Waals surface area contributed by atoms with Gasteiger partial charge in [-0.25, -0.2) is 0 Å². The average molecular weight is 268 g/mol. The zero-order valence-corrected chi connectivity index (χ0v) is 11.9. The molecule has 2 N–H and O–H groups in total. The summed E-state index contributed by atoms with van der Waals surface area (Å²) < 4.78 is 5.40. The van der Waals surface area contributed by atoms with Crippen molar-refractivity contribution < 1.29 is 14.6 Å². The van der Waals surface area contributed by atoms with Gasteiger partial charge in [0.05, 0.1) is 6.61 Å². The standard InChI is InChI=1S/C12H25NO3.ClH/c1-4-5-11(12(14)15)13-7-9-16-8-6-10(2)3;/h10-11,13H,4-9H2,1-3H3,(H,14,15);1H. The highest BCUT2D eigenvalue weighted by Gasteiger charge is 2.14. The van der Waals surface area contributed by atoms with Gasteiger partial charge in [0.25, 0.3) is 0 Å². The van der Waals surface area contributed by atoms with Crippen LogP contribution >= 0.6 is 12.4 Å². The number of ether oxygens (including phenoxy) is 1. The monoisotopic (exact) mass is 267 g/mol. The second-order valence-corrected chi connectivity index (χ2v) is 4.43. The van der Waals surface area contributed by atoms with Crippen LogP contribution in [0, 0.1) is 5.92 Å². The molecule has 0 fully saturated rings. The molecular formula is C12H26ClNO3. The first kappa shape index (κ1) is 19.0. The summed E-state index contributed by atoms with van der Waals surface area (Å²) in [5.41, 5.74) is 0. The van der Waals surface area contributed by atoms with E-state index in [9.17, 15) is 4.79 Å². The minimum atomic E-state index is -0.774. The number of halogens is 1. The van der Waals surface area contributed by atoms with Crippen molar-refractivity contribution in [2.75, 3.05) is 19.8 Å². The maximum absolute atomic E-state index is 10.8. The van der Waals surface area contributed by atoms with Crippen LogP contribution in [0.2, 0.25) is 0 Å². The summed E-state index contributed by atoms with van der Waals surface area (Å²) in [5, 5.41) is 11.9. The minimum absolute atomic E-state index is 0. The van der Waals surface area contributed by atoms with Crippen molar-refractivity contribution in [3.8, 4) is 0 Å². The Morgan fingerprint density at radius 3 is 2.41 bits per heavy atom. The lowest BCUT2D eigenvalue weighted by Gasteiger charge is -2.13. The van der Waals surface area contributed by atoms with E-state index in [1.165, 1.54) is 0 Å². The summed E-state index contributed by atoms with van der Waals surface area (Å²) in [5.74, 6) is -0.121. The largest absolute Gasteiger partial charge is 0.480 e. The molecule has 0 aromatic rings. The Morgan fingerprint density at radius 2 is 1.94 bits per heavy atom. The Bertz CT molecular complexity index is 189. The molecule has 1 atom stereocenters. The Hall–Kier alpha value is -0.320. The molecule has 0 aromatic carbocycles. The van der Waals surface area contributed by atoms with E-state index >= 15 is 0 Å². The number of hydrogen-bond donors (Lipinski definition) is 2. The van der Waals surface area contributed by atoms with Crippen LogP contribution in [0.4, 0.5) is 0 Å². The van der Waals surface area contributed by atoms with E-state index in [2.05, 4.69) is 19.2 Å². The van der Waals surface area contributed by atoms with Crippen LogP contribution in [-0.2, 0) is 9.53 Å². The van der Waals surface area contributed by atoms with E-state index in [4.69, 9.17) is 9.84 Å². The number of carboxylic acid groups (broad SMARTS) is 1. The van der Waals surface area contributed by atoms with E-state index in [-0.39, 0.29) is 12.4 Å². The molecule has 0 radical (unpaired) electrons. The molecule has 0 rings (SSSR count). The van der Waals surface area contributed by atoms with E-state index in [0.29, 0.717) is 25.5 Å². The van der Waals surface area contributed by atoms with E-state index in [0.717, 1.165) is 19.4 Å². The second-order valence-electron chi connectivity index (χ2n) is 4.43. The van der Waals surface area contributed by atoms with Crippen molar-refractivity contribution in [2.24, 2.45) is 5.92 Å². The first-order chi connectivity index (χ1) is 7.57. The molecule has 4 nitrogen and oxygen atoms in total. The van der Waals surface area contributed by atoms with Gasteiger partial charge < -0.3 is 15.2 Å². The lowest BCUT2D eigenvalue weighted by Crippen LogP contribution is -2.38. The van der Waals surface area contributed by atoms with Gasteiger partial charge in [-0.1, -0.05) is 27.2 Å². The van der Waals surface area contributed by atoms with Gasteiger partial charge >= 0.3 is 5.97 Å². The number of carbonyl (C=O) groups is 1. The Labute approximate surface area is 111 Å². The fourth-order valence-electron chi connectivity index (χ4n) is 1.33. The number of aliphatic carboxylic acids is 1. The van der Waals surface area contributed by atoms with E-state index < -0.39 is 12.0 Å². The summed E-state index contributed by atoms with van der Waals surface area (Å²) in [6.45, 7) is 8.24. The van der Waals surface area contributed by atoms with Crippen LogP contribution in [0.25, 0.3) is 0 Å². The lowest BCUT2D eigenvalue weighted by molar-refractivity contribution is -0.139. The molecule has 0 amide bonds. The third-order valence-corrected chi connectivity index (χ3v) is 2.35. The SMILES string of the molecule is CCCC(NCCOCCC(C)C)C(=O)O.Cl. The smallest absolute Gasteiger partial charge is 0.320 e. The highest BCUT2D eigenvalue weighted by molar-refractivity contribution is 5.85. The number of rotatable bonds is 10. The fraction of sp³-hybridized carbons (Fsp3) is 0.917. The van der Waals surface area contributed by atoms with Crippen molar-refractivity contribution in [3.63, 3.8) is 0 Å². The predicted molar refractivity (Wildman–Crippen MR) is 71.9 cm³/mol. The van der Waals surface area contributed by atoms with Crippen molar-refractivity contribution in [1.29, 1.82) is 0 Å². The minimum Gasteiger partial charge on any atom is -0.480 e. The maximum Gasteiger partial charge on any atom is 0.320 e. The first-order valence-electron chi connectivity index (χ1n) is 6.11. The van der Waals surface area contributed by atoms with Gasteiger partial charge in [-0.05, 0) is 18.8 Å². The third kappa shape index (κ3) is 11.9. The Morgan fingerprint density at radius 1 is 1.29 bits per heavy atom. The number of nitrogens with one attached hydrogen (secondary N) is 1. The zero-order chi connectivity index (χ0) is 12.4. The van der Waals surface area contributed by atoms with Crippen molar-refractivity contribution in [1.82, 2.24) is 5.32 Å². The van der Waals surface area contributed by atoms with Gasteiger partial charge in [-0.3, -0.25) is 4.79 Å². The van der Waals surface area contributed by atoms with Gasteiger partial charge in [0.15, 0.2) is 0 Å². The quantitative estimate of drug-likeness (QED) is 0.597. The molecule has 0 saturated heterocycles. The topological polar surface area (TPSA) is 58.6 Å². The summed E-state index contributed by atoms with van der Waals surface area (Å²) in [6.07, 6.45) is 2.59. The number of hydrogen-bond acceptors (Lipinski definition) is 3. The molecule has 0 spiro atoms. The van der Waals surface area contributed by atoms with Gasteiger partial charge in [0.2, 0.25) is 0 Å². The van der Waals surface area contributed by atoms with Crippen molar-refractivity contribution in [2.45, 2.75) is 46.1 Å². The van der Waals surface area contributed by atoms with Crippen LogP contribution in [0.5, 0.6) is 0 Å². The van der Waals surface area contributed by atoms with Crippen LogP contribution < -0.4 is 5.32 Å². The summed E-state index contributed by atoms with van der Waals surface area (Å²) in [4.78, 5) is 10.8. The first-order valence-corrected chi connectivity index (χ1v) is 6.11. The third-order valence-electron chi connectivity index (χ3n) is 2.35. The van der Waals surface area contributed by atoms with Crippen LogP contribution in [-0.4, -0.2) is 36.9 Å².